The molecule has 176 valence electrons. The summed E-state index contributed by atoms with van der Waals surface area (Å²) in [6.07, 6.45) is 0.0329. The van der Waals surface area contributed by atoms with E-state index in [2.05, 4.69) is 15.6 Å². The molecule has 0 bridgehead atoms. The molecule has 11 heteroatoms. The third kappa shape index (κ3) is 6.47. The summed E-state index contributed by atoms with van der Waals surface area (Å²) in [5, 5.41) is 10.7. The summed E-state index contributed by atoms with van der Waals surface area (Å²) in [5.74, 6) is -1.50. The third-order valence-corrected chi connectivity index (χ3v) is 6.35. The van der Waals surface area contributed by atoms with Gasteiger partial charge in [-0.25, -0.2) is 8.42 Å². The van der Waals surface area contributed by atoms with E-state index < -0.39 is 32.8 Å². The monoisotopic (exact) mass is 482 g/mol. The van der Waals surface area contributed by atoms with Gasteiger partial charge in [0, 0.05) is 17.7 Å². The van der Waals surface area contributed by atoms with E-state index in [9.17, 15) is 28.1 Å². The van der Waals surface area contributed by atoms with E-state index in [-0.39, 0.29) is 22.6 Å². The van der Waals surface area contributed by atoms with E-state index >= 15 is 0 Å². The van der Waals surface area contributed by atoms with Crippen LogP contribution < -0.4 is 15.6 Å². The molecule has 0 heterocycles. The van der Waals surface area contributed by atoms with Crippen molar-refractivity contribution in [3.05, 3.63) is 106 Å². The largest absolute Gasteiger partial charge is 0.271 e. The molecule has 0 saturated carbocycles. The number of nitrogens with zero attached hydrogens (tertiary/aromatic N) is 1. The van der Waals surface area contributed by atoms with Gasteiger partial charge in [0.15, 0.2) is 0 Å². The van der Waals surface area contributed by atoms with Crippen LogP contribution >= 0.6 is 0 Å². The first-order chi connectivity index (χ1) is 16.2. The second-order valence-corrected chi connectivity index (χ2v) is 9.14. The molecule has 1 unspecified atom stereocenters. The number of hydrazine groups is 1. The highest BCUT2D eigenvalue weighted by atomic mass is 32.2. The first-order valence-corrected chi connectivity index (χ1v) is 11.6. The molecule has 2 amide bonds. The predicted octanol–water partition coefficient (Wildman–Crippen LogP) is 2.25. The van der Waals surface area contributed by atoms with E-state index in [0.29, 0.717) is 5.56 Å². The number of aryl methyl sites for hydroxylation is 1. The number of non-ortho nitro benzene ring substituents is 1. The van der Waals surface area contributed by atoms with Crippen molar-refractivity contribution in [3.63, 3.8) is 0 Å². The normalized spacial score (nSPS) is 11.9. The summed E-state index contributed by atoms with van der Waals surface area (Å²) in [5.41, 5.74) is 5.90. The average molecular weight is 483 g/mol. The molecular formula is C23H22N4O6S. The molecule has 3 aromatic carbocycles. The van der Waals surface area contributed by atoms with Crippen LogP contribution in [-0.4, -0.2) is 31.2 Å². The first kappa shape index (κ1) is 24.6. The first-order valence-electron chi connectivity index (χ1n) is 10.1. The van der Waals surface area contributed by atoms with Crippen LogP contribution in [-0.2, 0) is 21.2 Å². The molecule has 1 atom stereocenters. The minimum atomic E-state index is -4.03. The van der Waals surface area contributed by atoms with Crippen molar-refractivity contribution in [1.29, 1.82) is 0 Å². The molecule has 3 rings (SSSR count). The fraction of sp³-hybridized carbons (Fsp3) is 0.130. The fourth-order valence-corrected chi connectivity index (χ4v) is 4.22. The summed E-state index contributed by atoms with van der Waals surface area (Å²) >= 11 is 0. The number of amides is 2. The zero-order valence-electron chi connectivity index (χ0n) is 18.1. The van der Waals surface area contributed by atoms with Crippen molar-refractivity contribution in [3.8, 4) is 0 Å². The Morgan fingerprint density at radius 3 is 2.12 bits per heavy atom. The summed E-state index contributed by atoms with van der Waals surface area (Å²) < 4.78 is 28.1. The zero-order chi connectivity index (χ0) is 24.7. The number of nitrogens with one attached hydrogen (secondary N) is 3. The maximum Gasteiger partial charge on any atom is 0.269 e. The standard InChI is InChI=1S/C23H22N4O6S/c1-16-7-13-20(14-8-16)34(32,33)26-21(15-17-5-3-2-4-6-17)23(29)25-24-22(28)18-9-11-19(12-10-18)27(30)31/h2-14,21,26H,15H2,1H3,(H,24,28)(H,25,29). The molecule has 3 aromatic rings. The van der Waals surface area contributed by atoms with Crippen LogP contribution in [0.4, 0.5) is 5.69 Å². The Bertz CT molecular complexity index is 1280. The molecule has 0 fully saturated rings. The SMILES string of the molecule is Cc1ccc(S(=O)(=O)NC(Cc2ccccc2)C(=O)NNC(=O)c2ccc([N+](=O)[O-])cc2)cc1. The van der Waals surface area contributed by atoms with Crippen LogP contribution in [0.5, 0.6) is 0 Å². The van der Waals surface area contributed by atoms with Gasteiger partial charge in [-0.1, -0.05) is 48.0 Å². The Morgan fingerprint density at radius 1 is 0.912 bits per heavy atom. The maximum atomic E-state index is 12.9. The van der Waals surface area contributed by atoms with Gasteiger partial charge in [-0.05, 0) is 43.2 Å². The molecule has 0 aliphatic heterocycles. The molecule has 0 saturated heterocycles. The summed E-state index contributed by atoms with van der Waals surface area (Å²) in [4.78, 5) is 35.3. The van der Waals surface area contributed by atoms with Crippen molar-refractivity contribution in [2.24, 2.45) is 0 Å². The van der Waals surface area contributed by atoms with Crippen LogP contribution in [0.15, 0.2) is 83.8 Å². The van der Waals surface area contributed by atoms with E-state index in [1.807, 2.05) is 6.92 Å². The van der Waals surface area contributed by atoms with Crippen LogP contribution in [0.3, 0.4) is 0 Å². The summed E-state index contributed by atoms with van der Waals surface area (Å²) in [7, 11) is -4.03. The Labute approximate surface area is 196 Å². The number of nitro benzene ring substituents is 1. The molecule has 0 spiro atoms. The van der Waals surface area contributed by atoms with Gasteiger partial charge in [0.2, 0.25) is 10.0 Å². The van der Waals surface area contributed by atoms with Gasteiger partial charge < -0.3 is 0 Å². The summed E-state index contributed by atoms with van der Waals surface area (Å²) in [6.45, 7) is 1.82. The fourth-order valence-electron chi connectivity index (χ4n) is 3.02. The minimum absolute atomic E-state index is 0.00104. The maximum absolute atomic E-state index is 12.9. The van der Waals surface area contributed by atoms with Crippen molar-refractivity contribution >= 4 is 27.5 Å². The summed E-state index contributed by atoms with van der Waals surface area (Å²) in [6, 6.07) is 18.5. The third-order valence-electron chi connectivity index (χ3n) is 4.87. The number of hydrogen-bond acceptors (Lipinski definition) is 6. The number of sulfonamides is 1. The molecule has 0 radical (unpaired) electrons. The van der Waals surface area contributed by atoms with E-state index in [1.54, 1.807) is 42.5 Å². The lowest BCUT2D eigenvalue weighted by molar-refractivity contribution is -0.384. The highest BCUT2D eigenvalue weighted by Gasteiger charge is 2.26. The Balaban J connectivity index is 1.74. The molecule has 0 aliphatic carbocycles. The van der Waals surface area contributed by atoms with Crippen LogP contribution in [0.1, 0.15) is 21.5 Å². The number of benzene rings is 3. The van der Waals surface area contributed by atoms with E-state index in [1.165, 1.54) is 24.3 Å². The van der Waals surface area contributed by atoms with Gasteiger partial charge in [0.25, 0.3) is 17.5 Å². The van der Waals surface area contributed by atoms with Crippen LogP contribution in [0.25, 0.3) is 0 Å². The van der Waals surface area contributed by atoms with Gasteiger partial charge in [0.05, 0.1) is 9.82 Å². The second-order valence-electron chi connectivity index (χ2n) is 7.42. The van der Waals surface area contributed by atoms with Crippen molar-refractivity contribution < 1.29 is 22.9 Å². The highest BCUT2D eigenvalue weighted by Crippen LogP contribution is 2.13. The van der Waals surface area contributed by atoms with Crippen LogP contribution in [0, 0.1) is 17.0 Å². The quantitative estimate of drug-likeness (QED) is 0.331. The Kier molecular flexibility index (Phi) is 7.71. The Morgan fingerprint density at radius 2 is 1.53 bits per heavy atom. The Hall–Kier alpha value is -4.09. The van der Waals surface area contributed by atoms with Crippen molar-refractivity contribution in [1.82, 2.24) is 15.6 Å². The van der Waals surface area contributed by atoms with E-state index in [4.69, 9.17) is 0 Å². The lowest BCUT2D eigenvalue weighted by atomic mass is 10.1. The molecule has 3 N–H and O–H groups in total. The lowest BCUT2D eigenvalue weighted by Crippen LogP contribution is -2.53. The van der Waals surface area contributed by atoms with Crippen molar-refractivity contribution in [2.45, 2.75) is 24.3 Å². The second kappa shape index (κ2) is 10.7. The smallest absolute Gasteiger partial charge is 0.269 e. The number of carbonyl (C=O) groups is 2. The number of nitro groups is 1. The van der Waals surface area contributed by atoms with Gasteiger partial charge in [0.1, 0.15) is 6.04 Å². The van der Waals surface area contributed by atoms with Crippen LogP contribution in [0.2, 0.25) is 0 Å². The van der Waals surface area contributed by atoms with Gasteiger partial charge in [-0.3, -0.25) is 30.6 Å². The molecule has 34 heavy (non-hydrogen) atoms. The molecule has 0 aliphatic rings. The van der Waals surface area contributed by atoms with Gasteiger partial charge in [-0.2, -0.15) is 4.72 Å². The number of carbonyl (C=O) groups excluding carboxylic acids is 2. The topological polar surface area (TPSA) is 148 Å². The predicted molar refractivity (Wildman–Crippen MR) is 124 cm³/mol. The average Bonchev–Trinajstić information content (AvgIpc) is 2.82. The van der Waals surface area contributed by atoms with Gasteiger partial charge in [-0.15, -0.1) is 0 Å². The lowest BCUT2D eigenvalue weighted by Gasteiger charge is -2.19. The van der Waals surface area contributed by atoms with Crippen molar-refractivity contribution in [2.75, 3.05) is 0 Å². The highest BCUT2D eigenvalue weighted by molar-refractivity contribution is 7.89. The minimum Gasteiger partial charge on any atom is -0.271 e. The zero-order valence-corrected chi connectivity index (χ0v) is 18.9. The number of hydrogen-bond donors (Lipinski definition) is 3. The molecular weight excluding hydrogens is 460 g/mol. The molecule has 0 aromatic heterocycles. The molecule has 10 nitrogen and oxygen atoms in total. The number of rotatable bonds is 8. The van der Waals surface area contributed by atoms with E-state index in [0.717, 1.165) is 17.7 Å². The van der Waals surface area contributed by atoms with Gasteiger partial charge >= 0.3 is 0 Å².